The summed E-state index contributed by atoms with van der Waals surface area (Å²) in [6.45, 7) is 6.21. The zero-order valence-electron chi connectivity index (χ0n) is 12.1. The van der Waals surface area contributed by atoms with Crippen LogP contribution in [0.4, 0.5) is 13.2 Å². The van der Waals surface area contributed by atoms with Crippen molar-refractivity contribution in [1.82, 2.24) is 0 Å². The molecule has 0 N–H and O–H groups in total. The Hall–Kier alpha value is -1.48. The standard InChI is InChI=1S/C17H16ClF3/c1-17(2,3)11-6-4-10(5-7-11)16(18)15-13(20)8-12(19)9-14(15)21/h4-9,16H,1-3H3. The zero-order valence-corrected chi connectivity index (χ0v) is 12.8. The maximum absolute atomic E-state index is 13.8. The van der Waals surface area contributed by atoms with Crippen LogP contribution >= 0.6 is 11.6 Å². The first-order valence-corrected chi connectivity index (χ1v) is 7.03. The van der Waals surface area contributed by atoms with Gasteiger partial charge in [0.1, 0.15) is 17.5 Å². The Balaban J connectivity index is 2.39. The summed E-state index contributed by atoms with van der Waals surface area (Å²) in [6, 6.07) is 8.50. The minimum absolute atomic E-state index is 0.0211. The molecule has 1 unspecified atom stereocenters. The van der Waals surface area contributed by atoms with E-state index in [1.54, 1.807) is 12.1 Å². The van der Waals surface area contributed by atoms with Gasteiger partial charge in [-0.2, -0.15) is 0 Å². The molecular weight excluding hydrogens is 297 g/mol. The molecule has 1 atom stereocenters. The van der Waals surface area contributed by atoms with Gasteiger partial charge >= 0.3 is 0 Å². The second-order valence-corrected chi connectivity index (χ2v) is 6.45. The van der Waals surface area contributed by atoms with Crippen molar-refractivity contribution in [2.75, 3.05) is 0 Å². The topological polar surface area (TPSA) is 0 Å². The fourth-order valence-electron chi connectivity index (χ4n) is 2.11. The molecule has 21 heavy (non-hydrogen) atoms. The summed E-state index contributed by atoms with van der Waals surface area (Å²) in [7, 11) is 0. The number of alkyl halides is 1. The second-order valence-electron chi connectivity index (χ2n) is 6.02. The number of hydrogen-bond donors (Lipinski definition) is 0. The maximum atomic E-state index is 13.8. The van der Waals surface area contributed by atoms with Crippen molar-refractivity contribution in [2.24, 2.45) is 0 Å². The Kier molecular flexibility index (Phi) is 4.33. The lowest BCUT2D eigenvalue weighted by Gasteiger charge is -2.20. The third-order valence-corrected chi connectivity index (χ3v) is 3.84. The van der Waals surface area contributed by atoms with Crippen LogP contribution in [0.1, 0.15) is 42.8 Å². The van der Waals surface area contributed by atoms with Crippen LogP contribution in [-0.2, 0) is 5.41 Å². The Labute approximate surface area is 127 Å². The quantitative estimate of drug-likeness (QED) is 0.621. The molecule has 0 radical (unpaired) electrons. The molecule has 0 saturated carbocycles. The lowest BCUT2D eigenvalue weighted by Crippen LogP contribution is -2.11. The van der Waals surface area contributed by atoms with Crippen molar-refractivity contribution < 1.29 is 13.2 Å². The summed E-state index contributed by atoms with van der Waals surface area (Å²) in [5.41, 5.74) is 1.30. The zero-order chi connectivity index (χ0) is 15.8. The van der Waals surface area contributed by atoms with E-state index in [-0.39, 0.29) is 11.0 Å². The Morgan fingerprint density at radius 2 is 1.38 bits per heavy atom. The highest BCUT2D eigenvalue weighted by molar-refractivity contribution is 6.22. The lowest BCUT2D eigenvalue weighted by molar-refractivity contribution is 0.526. The van der Waals surface area contributed by atoms with Gasteiger partial charge in [-0.1, -0.05) is 45.0 Å². The van der Waals surface area contributed by atoms with E-state index in [4.69, 9.17) is 11.6 Å². The van der Waals surface area contributed by atoms with E-state index in [2.05, 4.69) is 20.8 Å². The molecule has 0 spiro atoms. The van der Waals surface area contributed by atoms with Crippen LogP contribution in [0, 0.1) is 17.5 Å². The van der Waals surface area contributed by atoms with E-state index < -0.39 is 22.8 Å². The first-order chi connectivity index (χ1) is 9.70. The van der Waals surface area contributed by atoms with E-state index >= 15 is 0 Å². The van der Waals surface area contributed by atoms with Crippen LogP contribution < -0.4 is 0 Å². The molecule has 0 aromatic heterocycles. The normalized spacial score (nSPS) is 13.3. The van der Waals surface area contributed by atoms with E-state index in [9.17, 15) is 13.2 Å². The highest BCUT2D eigenvalue weighted by atomic mass is 35.5. The summed E-state index contributed by atoms with van der Waals surface area (Å²) in [5, 5.41) is -1.00. The van der Waals surface area contributed by atoms with E-state index in [1.807, 2.05) is 12.1 Å². The highest BCUT2D eigenvalue weighted by Gasteiger charge is 2.22. The highest BCUT2D eigenvalue weighted by Crippen LogP contribution is 2.34. The average molecular weight is 313 g/mol. The number of benzene rings is 2. The van der Waals surface area contributed by atoms with Gasteiger partial charge in [-0.05, 0) is 16.5 Å². The van der Waals surface area contributed by atoms with Gasteiger partial charge in [-0.15, -0.1) is 11.6 Å². The summed E-state index contributed by atoms with van der Waals surface area (Å²) in [6.07, 6.45) is 0. The fraction of sp³-hybridized carbons (Fsp3) is 0.294. The van der Waals surface area contributed by atoms with Gasteiger partial charge in [-0.3, -0.25) is 0 Å². The number of hydrogen-bond acceptors (Lipinski definition) is 0. The Bertz CT molecular complexity index is 619. The minimum atomic E-state index is -1.00. The molecule has 2 aromatic rings. The first kappa shape index (κ1) is 15.9. The van der Waals surface area contributed by atoms with Crippen molar-refractivity contribution in [2.45, 2.75) is 31.6 Å². The molecule has 0 saturated heterocycles. The largest absolute Gasteiger partial charge is 0.207 e. The van der Waals surface area contributed by atoms with E-state index in [0.717, 1.165) is 5.56 Å². The minimum Gasteiger partial charge on any atom is -0.207 e. The van der Waals surface area contributed by atoms with Crippen molar-refractivity contribution in [3.8, 4) is 0 Å². The SMILES string of the molecule is CC(C)(C)c1ccc(C(Cl)c2c(F)cc(F)cc2F)cc1. The predicted molar refractivity (Wildman–Crippen MR) is 79.2 cm³/mol. The smallest absolute Gasteiger partial charge is 0.134 e. The van der Waals surface area contributed by atoms with Crippen LogP contribution in [0.15, 0.2) is 36.4 Å². The summed E-state index contributed by atoms with van der Waals surface area (Å²) < 4.78 is 40.4. The molecule has 112 valence electrons. The maximum Gasteiger partial charge on any atom is 0.134 e. The van der Waals surface area contributed by atoms with Crippen LogP contribution in [0.2, 0.25) is 0 Å². The van der Waals surface area contributed by atoms with Gasteiger partial charge in [0, 0.05) is 17.7 Å². The molecule has 0 fully saturated rings. The van der Waals surface area contributed by atoms with Crippen LogP contribution in [-0.4, -0.2) is 0 Å². The average Bonchev–Trinajstić information content (AvgIpc) is 2.36. The third-order valence-electron chi connectivity index (χ3n) is 3.37. The molecular formula is C17H16ClF3. The Morgan fingerprint density at radius 3 is 1.81 bits per heavy atom. The number of halogens is 4. The monoisotopic (exact) mass is 312 g/mol. The molecule has 0 heterocycles. The van der Waals surface area contributed by atoms with Crippen LogP contribution in [0.25, 0.3) is 0 Å². The summed E-state index contributed by atoms with van der Waals surface area (Å²) >= 11 is 6.16. The molecule has 2 aromatic carbocycles. The third kappa shape index (κ3) is 3.41. The fourth-order valence-corrected chi connectivity index (χ4v) is 2.47. The lowest BCUT2D eigenvalue weighted by atomic mass is 9.86. The molecule has 0 nitrogen and oxygen atoms in total. The van der Waals surface area contributed by atoms with Crippen molar-refractivity contribution in [1.29, 1.82) is 0 Å². The molecule has 0 bridgehead atoms. The molecule has 0 aliphatic rings. The number of rotatable bonds is 2. The molecule has 0 amide bonds. The van der Waals surface area contributed by atoms with Gasteiger partial charge in [0.2, 0.25) is 0 Å². The van der Waals surface area contributed by atoms with Crippen LogP contribution in [0.3, 0.4) is 0 Å². The predicted octanol–water partition coefficient (Wildman–Crippen LogP) is 5.73. The van der Waals surface area contributed by atoms with Gasteiger partial charge < -0.3 is 0 Å². The van der Waals surface area contributed by atoms with E-state index in [1.165, 1.54) is 0 Å². The van der Waals surface area contributed by atoms with Gasteiger partial charge in [0.05, 0.1) is 5.38 Å². The summed E-state index contributed by atoms with van der Waals surface area (Å²) in [4.78, 5) is 0. The van der Waals surface area contributed by atoms with Crippen molar-refractivity contribution >= 4 is 11.6 Å². The molecule has 0 aliphatic carbocycles. The van der Waals surface area contributed by atoms with Gasteiger partial charge in [0.25, 0.3) is 0 Å². The Morgan fingerprint density at radius 1 is 0.905 bits per heavy atom. The first-order valence-electron chi connectivity index (χ1n) is 6.59. The molecule has 4 heteroatoms. The van der Waals surface area contributed by atoms with Gasteiger partial charge in [-0.25, -0.2) is 13.2 Å². The van der Waals surface area contributed by atoms with E-state index in [0.29, 0.717) is 17.7 Å². The molecule has 0 aliphatic heterocycles. The van der Waals surface area contributed by atoms with Crippen molar-refractivity contribution in [3.63, 3.8) is 0 Å². The molecule has 2 rings (SSSR count). The second kappa shape index (κ2) is 5.72. The summed E-state index contributed by atoms with van der Waals surface area (Å²) in [5.74, 6) is -2.92. The van der Waals surface area contributed by atoms with Crippen molar-refractivity contribution in [3.05, 3.63) is 70.5 Å². The van der Waals surface area contributed by atoms with Gasteiger partial charge in [0.15, 0.2) is 0 Å². The van der Waals surface area contributed by atoms with Crippen LogP contribution in [0.5, 0.6) is 0 Å².